The van der Waals surface area contributed by atoms with Crippen LogP contribution in [0.25, 0.3) is 11.0 Å². The largest absolute Gasteiger partial charge is 0.467 e. The van der Waals surface area contributed by atoms with Gasteiger partial charge in [0.25, 0.3) is 5.91 Å². The van der Waals surface area contributed by atoms with E-state index in [1.54, 1.807) is 18.2 Å². The third kappa shape index (κ3) is 5.13. The number of nitrogens with one attached hydrogen (secondary N) is 1. The number of amides is 2. The van der Waals surface area contributed by atoms with Gasteiger partial charge >= 0.3 is 0 Å². The SMILES string of the molecule is CCC(C)(C)NC(=O)[C@@H](c1ccco1)N(Cc1ccc2c(c1)OCO2)C(=O)Cn1nnc2ccccc21. The van der Waals surface area contributed by atoms with E-state index in [9.17, 15) is 9.59 Å². The van der Waals surface area contributed by atoms with Gasteiger partial charge in [0, 0.05) is 12.1 Å². The lowest BCUT2D eigenvalue weighted by molar-refractivity contribution is -0.143. The summed E-state index contributed by atoms with van der Waals surface area (Å²) in [5, 5.41) is 11.4. The molecule has 1 N–H and O–H groups in total. The van der Waals surface area contributed by atoms with Gasteiger partial charge in [-0.15, -0.1) is 5.10 Å². The Bertz CT molecular complexity index is 1410. The molecule has 1 aliphatic rings. The van der Waals surface area contributed by atoms with Crippen LogP contribution in [0.5, 0.6) is 11.5 Å². The van der Waals surface area contributed by atoms with Crippen LogP contribution in [-0.2, 0) is 22.7 Å². The first-order valence-corrected chi connectivity index (χ1v) is 12.2. The van der Waals surface area contributed by atoms with Crippen LogP contribution < -0.4 is 14.8 Å². The minimum atomic E-state index is -1.01. The molecule has 2 amide bonds. The summed E-state index contributed by atoms with van der Waals surface area (Å²) in [7, 11) is 0. The molecule has 0 saturated carbocycles. The van der Waals surface area contributed by atoms with Gasteiger partial charge in [-0.3, -0.25) is 9.59 Å². The van der Waals surface area contributed by atoms with Crippen molar-refractivity contribution in [1.82, 2.24) is 25.2 Å². The minimum absolute atomic E-state index is 0.104. The Morgan fingerprint density at radius 3 is 2.70 bits per heavy atom. The third-order valence-corrected chi connectivity index (χ3v) is 6.53. The Morgan fingerprint density at radius 1 is 1.11 bits per heavy atom. The molecule has 0 unspecified atom stereocenters. The summed E-state index contributed by atoms with van der Waals surface area (Å²) in [4.78, 5) is 29.1. The van der Waals surface area contributed by atoms with Crippen LogP contribution in [-0.4, -0.2) is 44.0 Å². The molecule has 192 valence electrons. The highest BCUT2D eigenvalue weighted by Crippen LogP contribution is 2.34. The number of nitrogens with zero attached hydrogens (tertiary/aromatic N) is 4. The van der Waals surface area contributed by atoms with E-state index in [1.807, 2.05) is 57.2 Å². The molecule has 1 aliphatic heterocycles. The van der Waals surface area contributed by atoms with E-state index in [-0.39, 0.29) is 31.7 Å². The number of carbonyl (C=O) groups is 2. The summed E-state index contributed by atoms with van der Waals surface area (Å²) < 4.78 is 18.2. The number of rotatable bonds is 9. The number of para-hydroxylation sites is 1. The van der Waals surface area contributed by atoms with Gasteiger partial charge in [0.1, 0.15) is 17.8 Å². The molecule has 2 aromatic heterocycles. The number of benzene rings is 2. The lowest BCUT2D eigenvalue weighted by Crippen LogP contribution is -2.50. The minimum Gasteiger partial charge on any atom is -0.467 e. The van der Waals surface area contributed by atoms with E-state index in [0.29, 0.717) is 29.2 Å². The maximum absolute atomic E-state index is 13.9. The molecule has 0 aliphatic carbocycles. The summed E-state index contributed by atoms with van der Waals surface area (Å²) in [6.45, 7) is 6.04. The zero-order valence-corrected chi connectivity index (χ0v) is 21.0. The fourth-order valence-corrected chi connectivity index (χ4v) is 4.17. The van der Waals surface area contributed by atoms with Crippen LogP contribution >= 0.6 is 0 Å². The second kappa shape index (κ2) is 9.96. The molecule has 10 nitrogen and oxygen atoms in total. The Labute approximate surface area is 214 Å². The molecule has 3 heterocycles. The molecule has 4 aromatic rings. The van der Waals surface area contributed by atoms with Crippen LogP contribution in [0.3, 0.4) is 0 Å². The number of furan rings is 1. The van der Waals surface area contributed by atoms with Crippen molar-refractivity contribution in [2.24, 2.45) is 0 Å². The van der Waals surface area contributed by atoms with Crippen molar-refractivity contribution in [3.63, 3.8) is 0 Å². The highest BCUT2D eigenvalue weighted by molar-refractivity contribution is 5.89. The molecule has 1 atom stereocenters. The van der Waals surface area contributed by atoms with Gasteiger partial charge in [-0.05, 0) is 62.2 Å². The Hall–Kier alpha value is -4.34. The summed E-state index contributed by atoms with van der Waals surface area (Å²) in [5.74, 6) is 0.944. The fraction of sp³-hybridized carbons (Fsp3) is 0.333. The van der Waals surface area contributed by atoms with Crippen LogP contribution in [0.4, 0.5) is 0 Å². The molecule has 37 heavy (non-hydrogen) atoms. The maximum atomic E-state index is 13.9. The third-order valence-electron chi connectivity index (χ3n) is 6.53. The van der Waals surface area contributed by atoms with Gasteiger partial charge in [0.15, 0.2) is 17.5 Å². The van der Waals surface area contributed by atoms with Gasteiger partial charge in [-0.2, -0.15) is 0 Å². The van der Waals surface area contributed by atoms with E-state index in [2.05, 4.69) is 15.6 Å². The lowest BCUT2D eigenvalue weighted by Gasteiger charge is -2.33. The number of aromatic nitrogens is 3. The Balaban J connectivity index is 1.52. The van der Waals surface area contributed by atoms with E-state index in [4.69, 9.17) is 13.9 Å². The van der Waals surface area contributed by atoms with Crippen LogP contribution in [0.2, 0.25) is 0 Å². The van der Waals surface area contributed by atoms with Crippen molar-refractivity contribution in [3.05, 3.63) is 72.2 Å². The second-order valence-corrected chi connectivity index (χ2v) is 9.59. The summed E-state index contributed by atoms with van der Waals surface area (Å²) in [6, 6.07) is 15.3. The van der Waals surface area contributed by atoms with Crippen LogP contribution in [0, 0.1) is 0 Å². The molecule has 2 aromatic carbocycles. The topological polar surface area (TPSA) is 112 Å². The highest BCUT2D eigenvalue weighted by atomic mass is 16.7. The quantitative estimate of drug-likeness (QED) is 0.369. The van der Waals surface area contributed by atoms with Crippen LogP contribution in [0.15, 0.2) is 65.3 Å². The molecule has 0 spiro atoms. The molecule has 0 fully saturated rings. The van der Waals surface area contributed by atoms with E-state index >= 15 is 0 Å². The second-order valence-electron chi connectivity index (χ2n) is 9.59. The Morgan fingerprint density at radius 2 is 1.92 bits per heavy atom. The first kappa shape index (κ1) is 24.4. The van der Waals surface area contributed by atoms with Crippen LogP contribution in [0.1, 0.15) is 44.6 Å². The molecule has 10 heteroatoms. The average molecular weight is 504 g/mol. The normalized spacial score (nSPS) is 13.5. The zero-order chi connectivity index (χ0) is 26.0. The van der Waals surface area contributed by atoms with Crippen molar-refractivity contribution in [1.29, 1.82) is 0 Å². The van der Waals surface area contributed by atoms with Gasteiger partial charge in [0.05, 0.1) is 11.8 Å². The predicted octanol–water partition coefficient (Wildman–Crippen LogP) is 3.83. The molecule has 0 bridgehead atoms. The van der Waals surface area contributed by atoms with Gasteiger partial charge in [-0.25, -0.2) is 4.68 Å². The van der Waals surface area contributed by atoms with E-state index < -0.39 is 11.6 Å². The van der Waals surface area contributed by atoms with Gasteiger partial charge in [-0.1, -0.05) is 30.3 Å². The summed E-state index contributed by atoms with van der Waals surface area (Å²) in [6.07, 6.45) is 2.21. The van der Waals surface area contributed by atoms with Gasteiger partial charge < -0.3 is 24.1 Å². The average Bonchev–Trinajstić information content (AvgIpc) is 3.65. The maximum Gasteiger partial charge on any atom is 0.251 e. The molecule has 0 saturated heterocycles. The fourth-order valence-electron chi connectivity index (χ4n) is 4.17. The summed E-state index contributed by atoms with van der Waals surface area (Å²) in [5.41, 5.74) is 1.71. The van der Waals surface area contributed by atoms with Crippen molar-refractivity contribution < 1.29 is 23.5 Å². The van der Waals surface area contributed by atoms with Crippen molar-refractivity contribution in [2.45, 2.75) is 51.9 Å². The highest BCUT2D eigenvalue weighted by Gasteiger charge is 2.36. The van der Waals surface area contributed by atoms with Crippen molar-refractivity contribution in [2.75, 3.05) is 6.79 Å². The van der Waals surface area contributed by atoms with Crippen molar-refractivity contribution >= 4 is 22.8 Å². The lowest BCUT2D eigenvalue weighted by atomic mass is 10.0. The summed E-state index contributed by atoms with van der Waals surface area (Å²) >= 11 is 0. The smallest absolute Gasteiger partial charge is 0.251 e. The number of hydrogen-bond acceptors (Lipinski definition) is 7. The Kier molecular flexibility index (Phi) is 6.56. The van der Waals surface area contributed by atoms with E-state index in [0.717, 1.165) is 11.1 Å². The number of carbonyl (C=O) groups excluding carboxylic acids is 2. The molecule has 0 radical (unpaired) electrons. The van der Waals surface area contributed by atoms with E-state index in [1.165, 1.54) is 15.8 Å². The predicted molar refractivity (Wildman–Crippen MR) is 135 cm³/mol. The standard InChI is InChI=1S/C27H29N5O5/c1-4-27(2,3)28-26(34)25(22-10-7-13-35-22)31(15-18-11-12-21-23(14-18)37-17-36-21)24(33)16-32-20-9-6-5-8-19(20)29-30-32/h5-14,25H,4,15-17H2,1-3H3,(H,28,34)/t25-/m1/s1. The zero-order valence-electron chi connectivity index (χ0n) is 21.0. The number of hydrogen-bond donors (Lipinski definition) is 1. The first-order valence-electron chi connectivity index (χ1n) is 12.2. The molecular weight excluding hydrogens is 474 g/mol. The first-order chi connectivity index (χ1) is 17.8. The monoisotopic (exact) mass is 503 g/mol. The molecule has 5 rings (SSSR count). The number of ether oxygens (including phenoxy) is 2. The van der Waals surface area contributed by atoms with Crippen molar-refractivity contribution in [3.8, 4) is 11.5 Å². The van der Waals surface area contributed by atoms with Gasteiger partial charge in [0.2, 0.25) is 12.7 Å². The molecular formula is C27H29N5O5. The number of fused-ring (bicyclic) bond motifs is 2.